The summed E-state index contributed by atoms with van der Waals surface area (Å²) in [6.07, 6.45) is 0. The summed E-state index contributed by atoms with van der Waals surface area (Å²) in [7, 11) is -1.27. The summed E-state index contributed by atoms with van der Waals surface area (Å²) in [6, 6.07) is 0. The van der Waals surface area contributed by atoms with Gasteiger partial charge in [0.05, 0.1) is 0 Å². The topological polar surface area (TPSA) is 52.7 Å². The SMILES string of the molecule is CN1CCN(S(=O)(=O)NI)CC(C)(C)C1. The highest BCUT2D eigenvalue weighted by Crippen LogP contribution is 2.22. The number of halogens is 1. The average Bonchev–Trinajstić information content (AvgIpc) is 2.23. The van der Waals surface area contributed by atoms with E-state index in [9.17, 15) is 8.42 Å². The minimum absolute atomic E-state index is 0.00813. The van der Waals surface area contributed by atoms with Gasteiger partial charge < -0.3 is 4.90 Å². The highest BCUT2D eigenvalue weighted by Gasteiger charge is 2.32. The minimum atomic E-state index is -3.30. The van der Waals surface area contributed by atoms with Crippen LogP contribution in [0.15, 0.2) is 0 Å². The lowest BCUT2D eigenvalue weighted by Gasteiger charge is -2.28. The molecule has 7 heteroatoms. The first-order valence-corrected chi connectivity index (χ1v) is 7.35. The Hall–Kier alpha value is 0.560. The molecule has 0 spiro atoms. The summed E-state index contributed by atoms with van der Waals surface area (Å²) in [5.41, 5.74) is -0.00813. The molecule has 1 aliphatic heterocycles. The van der Waals surface area contributed by atoms with Crippen LogP contribution in [-0.4, -0.2) is 50.8 Å². The van der Waals surface area contributed by atoms with Crippen molar-refractivity contribution in [2.45, 2.75) is 13.8 Å². The molecule has 5 nitrogen and oxygen atoms in total. The van der Waals surface area contributed by atoms with E-state index in [-0.39, 0.29) is 5.41 Å². The highest BCUT2D eigenvalue weighted by molar-refractivity contribution is 14.1. The maximum atomic E-state index is 11.7. The van der Waals surface area contributed by atoms with E-state index in [0.29, 0.717) is 13.1 Å². The van der Waals surface area contributed by atoms with Gasteiger partial charge in [0.25, 0.3) is 10.2 Å². The molecular formula is C8H18IN3O2S. The third kappa shape index (κ3) is 3.81. The fourth-order valence-electron chi connectivity index (χ4n) is 1.95. The predicted octanol–water partition coefficient (Wildman–Crippen LogP) is 0.444. The molecule has 0 amide bonds. The van der Waals surface area contributed by atoms with E-state index in [4.69, 9.17) is 0 Å². The van der Waals surface area contributed by atoms with E-state index < -0.39 is 10.2 Å². The van der Waals surface area contributed by atoms with E-state index >= 15 is 0 Å². The van der Waals surface area contributed by atoms with Gasteiger partial charge in [-0.2, -0.15) is 12.7 Å². The van der Waals surface area contributed by atoms with E-state index in [0.717, 1.165) is 13.1 Å². The molecule has 1 N–H and O–H groups in total. The molecule has 0 aromatic heterocycles. The standard InChI is InChI=1S/C8H18IN3O2S/c1-8(2)6-11(3)4-5-12(7-8)15(13,14)10-9/h10H,4-7H2,1-3H3. The van der Waals surface area contributed by atoms with Crippen LogP contribution in [0, 0.1) is 5.41 Å². The molecule has 1 rings (SSSR count). The van der Waals surface area contributed by atoms with Crippen molar-refractivity contribution < 1.29 is 8.42 Å². The van der Waals surface area contributed by atoms with Crippen LogP contribution in [0.4, 0.5) is 0 Å². The van der Waals surface area contributed by atoms with Gasteiger partial charge in [0.15, 0.2) is 0 Å². The molecule has 15 heavy (non-hydrogen) atoms. The van der Waals surface area contributed by atoms with E-state index in [1.165, 1.54) is 4.31 Å². The van der Waals surface area contributed by atoms with Crippen LogP contribution >= 0.6 is 22.9 Å². The summed E-state index contributed by atoms with van der Waals surface area (Å²) in [6.45, 7) is 6.99. The molecule has 0 radical (unpaired) electrons. The van der Waals surface area contributed by atoms with Crippen molar-refractivity contribution in [2.75, 3.05) is 33.2 Å². The van der Waals surface area contributed by atoms with Gasteiger partial charge in [-0.15, -0.1) is 2.94 Å². The van der Waals surface area contributed by atoms with Crippen molar-refractivity contribution in [3.8, 4) is 0 Å². The molecule has 0 aromatic rings. The van der Waals surface area contributed by atoms with Crippen LogP contribution in [0.3, 0.4) is 0 Å². The van der Waals surface area contributed by atoms with Gasteiger partial charge in [-0.1, -0.05) is 13.8 Å². The normalized spacial score (nSPS) is 25.1. The molecule has 0 aliphatic carbocycles. The molecule has 90 valence electrons. The van der Waals surface area contributed by atoms with Crippen molar-refractivity contribution in [1.29, 1.82) is 0 Å². The van der Waals surface area contributed by atoms with Gasteiger partial charge >= 0.3 is 0 Å². The summed E-state index contributed by atoms with van der Waals surface area (Å²) in [5.74, 6) is 0. The molecule has 1 saturated heterocycles. The zero-order valence-corrected chi connectivity index (χ0v) is 12.3. The maximum absolute atomic E-state index is 11.7. The Morgan fingerprint density at radius 3 is 2.40 bits per heavy atom. The zero-order chi connectivity index (χ0) is 11.7. The number of hydrogen-bond donors (Lipinski definition) is 1. The maximum Gasteiger partial charge on any atom is 0.288 e. The fraction of sp³-hybridized carbons (Fsp3) is 1.00. The summed E-state index contributed by atoms with van der Waals surface area (Å²) < 4.78 is 27.2. The lowest BCUT2D eigenvalue weighted by molar-refractivity contribution is 0.231. The van der Waals surface area contributed by atoms with E-state index in [1.807, 2.05) is 7.05 Å². The monoisotopic (exact) mass is 347 g/mol. The van der Waals surface area contributed by atoms with Crippen molar-refractivity contribution in [3.05, 3.63) is 0 Å². The Balaban J connectivity index is 2.85. The second-order valence-electron chi connectivity index (χ2n) is 4.82. The lowest BCUT2D eigenvalue weighted by atomic mass is 9.93. The zero-order valence-electron chi connectivity index (χ0n) is 9.33. The van der Waals surface area contributed by atoms with E-state index in [2.05, 4.69) is 21.7 Å². The van der Waals surface area contributed by atoms with Crippen molar-refractivity contribution >= 4 is 33.1 Å². The first-order valence-electron chi connectivity index (χ1n) is 4.83. The molecule has 0 unspecified atom stereocenters. The number of nitrogens with one attached hydrogen (secondary N) is 1. The molecule has 1 fully saturated rings. The molecule has 0 saturated carbocycles. The van der Waals surface area contributed by atoms with Gasteiger partial charge in [-0.25, -0.2) is 0 Å². The Labute approximate surface area is 106 Å². The second kappa shape index (κ2) is 4.82. The third-order valence-corrected chi connectivity index (χ3v) is 5.33. The smallest absolute Gasteiger partial charge is 0.288 e. The number of hydrogen-bond acceptors (Lipinski definition) is 3. The quantitative estimate of drug-likeness (QED) is 0.583. The molecule has 0 atom stereocenters. The van der Waals surface area contributed by atoms with Gasteiger partial charge in [0, 0.05) is 49.0 Å². The Morgan fingerprint density at radius 1 is 1.27 bits per heavy atom. The first-order chi connectivity index (χ1) is 6.77. The van der Waals surface area contributed by atoms with Crippen LogP contribution in [-0.2, 0) is 10.2 Å². The average molecular weight is 347 g/mol. The Kier molecular flexibility index (Phi) is 4.38. The first kappa shape index (κ1) is 13.6. The van der Waals surface area contributed by atoms with Gasteiger partial charge in [0.2, 0.25) is 0 Å². The van der Waals surface area contributed by atoms with Crippen LogP contribution in [0.2, 0.25) is 0 Å². The summed E-state index contributed by atoms with van der Waals surface area (Å²) in [4.78, 5) is 2.17. The second-order valence-corrected chi connectivity index (χ2v) is 7.76. The number of likely N-dealkylation sites (N-methyl/N-ethyl adjacent to an activating group) is 1. The van der Waals surface area contributed by atoms with Gasteiger partial charge in [-0.3, -0.25) is 0 Å². The molecular weight excluding hydrogens is 329 g/mol. The summed E-state index contributed by atoms with van der Waals surface area (Å²) >= 11 is 1.67. The molecule has 0 bridgehead atoms. The highest BCUT2D eigenvalue weighted by atomic mass is 127. The van der Waals surface area contributed by atoms with Crippen LogP contribution in [0.5, 0.6) is 0 Å². The summed E-state index contributed by atoms with van der Waals surface area (Å²) in [5, 5.41) is 0. The number of nitrogens with zero attached hydrogens (tertiary/aromatic N) is 2. The fourth-order valence-corrected chi connectivity index (χ4v) is 3.73. The third-order valence-electron chi connectivity index (χ3n) is 2.47. The molecule has 1 aliphatic rings. The molecule has 0 aromatic carbocycles. The molecule has 1 heterocycles. The van der Waals surface area contributed by atoms with Crippen molar-refractivity contribution in [3.63, 3.8) is 0 Å². The largest absolute Gasteiger partial charge is 0.304 e. The van der Waals surface area contributed by atoms with Crippen LogP contribution in [0.1, 0.15) is 13.8 Å². The minimum Gasteiger partial charge on any atom is -0.304 e. The Bertz CT molecular complexity index is 318. The van der Waals surface area contributed by atoms with Gasteiger partial charge in [-0.05, 0) is 12.5 Å². The van der Waals surface area contributed by atoms with Crippen molar-refractivity contribution in [1.82, 2.24) is 12.1 Å². The van der Waals surface area contributed by atoms with Crippen LogP contribution < -0.4 is 2.94 Å². The van der Waals surface area contributed by atoms with Crippen LogP contribution in [0.25, 0.3) is 0 Å². The lowest BCUT2D eigenvalue weighted by Crippen LogP contribution is -2.42. The number of rotatable bonds is 2. The Morgan fingerprint density at radius 2 is 1.87 bits per heavy atom. The predicted molar refractivity (Wildman–Crippen MR) is 68.9 cm³/mol. The van der Waals surface area contributed by atoms with Crippen molar-refractivity contribution in [2.24, 2.45) is 5.41 Å². The van der Waals surface area contributed by atoms with E-state index in [1.54, 1.807) is 22.9 Å². The van der Waals surface area contributed by atoms with Gasteiger partial charge in [0.1, 0.15) is 0 Å².